The topological polar surface area (TPSA) is 66.9 Å². The van der Waals surface area contributed by atoms with Crippen LogP contribution >= 0.6 is 11.8 Å². The predicted octanol–water partition coefficient (Wildman–Crippen LogP) is 1.92. The summed E-state index contributed by atoms with van der Waals surface area (Å²) >= 11 is 1.89. The fraction of sp³-hybridized carbons (Fsp3) is 0.615. The van der Waals surface area contributed by atoms with Crippen LogP contribution in [0.2, 0.25) is 0 Å². The van der Waals surface area contributed by atoms with E-state index in [4.69, 9.17) is 0 Å². The summed E-state index contributed by atoms with van der Waals surface area (Å²) in [6.45, 7) is 2.95. The average molecular weight is 280 g/mol. The standard InChI is InChI=1S/C13H20N4OS/c1-2-7-14-12-6-5-11(16-17-12)13(18)15-10-4-3-8-19-9-10/h5-6,10H,2-4,7-9H2,1H3,(H,14,17)(H,15,18). The van der Waals surface area contributed by atoms with Gasteiger partial charge in [-0.3, -0.25) is 4.79 Å². The van der Waals surface area contributed by atoms with Gasteiger partial charge in [0.25, 0.3) is 5.91 Å². The van der Waals surface area contributed by atoms with Crippen LogP contribution in [0.15, 0.2) is 12.1 Å². The number of nitrogens with one attached hydrogen (secondary N) is 2. The Bertz CT molecular complexity index is 404. The first-order valence-electron chi connectivity index (χ1n) is 6.76. The molecule has 1 fully saturated rings. The van der Waals surface area contributed by atoms with Gasteiger partial charge in [-0.15, -0.1) is 10.2 Å². The highest BCUT2D eigenvalue weighted by molar-refractivity contribution is 7.99. The Morgan fingerprint density at radius 2 is 2.37 bits per heavy atom. The van der Waals surface area contributed by atoms with Gasteiger partial charge in [-0.05, 0) is 37.1 Å². The number of hydrogen-bond acceptors (Lipinski definition) is 5. The normalized spacial score (nSPS) is 18.9. The number of amides is 1. The van der Waals surface area contributed by atoms with Gasteiger partial charge in [0.1, 0.15) is 5.82 Å². The summed E-state index contributed by atoms with van der Waals surface area (Å²) in [6.07, 6.45) is 3.26. The van der Waals surface area contributed by atoms with Crippen molar-refractivity contribution in [2.45, 2.75) is 32.2 Å². The lowest BCUT2D eigenvalue weighted by Crippen LogP contribution is -2.38. The quantitative estimate of drug-likeness (QED) is 0.862. The zero-order valence-electron chi connectivity index (χ0n) is 11.2. The molecule has 0 spiro atoms. The summed E-state index contributed by atoms with van der Waals surface area (Å²) in [5.74, 6) is 2.79. The van der Waals surface area contributed by atoms with Gasteiger partial charge in [0.2, 0.25) is 0 Å². The molecule has 0 saturated carbocycles. The van der Waals surface area contributed by atoms with Gasteiger partial charge in [-0.25, -0.2) is 0 Å². The number of carbonyl (C=O) groups excluding carboxylic acids is 1. The number of aromatic nitrogens is 2. The molecule has 0 aromatic carbocycles. The molecule has 19 heavy (non-hydrogen) atoms. The van der Waals surface area contributed by atoms with Crippen molar-refractivity contribution in [3.05, 3.63) is 17.8 Å². The second kappa shape index (κ2) is 7.33. The summed E-state index contributed by atoms with van der Waals surface area (Å²) in [5.41, 5.74) is 0.387. The van der Waals surface area contributed by atoms with Crippen LogP contribution in [0.25, 0.3) is 0 Å². The maximum absolute atomic E-state index is 12.0. The van der Waals surface area contributed by atoms with Crippen molar-refractivity contribution in [3.63, 3.8) is 0 Å². The lowest BCUT2D eigenvalue weighted by Gasteiger charge is -2.22. The van der Waals surface area contributed by atoms with Gasteiger partial charge in [0.05, 0.1) is 0 Å². The van der Waals surface area contributed by atoms with E-state index in [1.165, 1.54) is 12.2 Å². The number of thioether (sulfide) groups is 1. The van der Waals surface area contributed by atoms with Gasteiger partial charge in [0, 0.05) is 18.3 Å². The zero-order chi connectivity index (χ0) is 13.5. The van der Waals surface area contributed by atoms with E-state index in [9.17, 15) is 4.79 Å². The van der Waals surface area contributed by atoms with Crippen molar-refractivity contribution < 1.29 is 4.79 Å². The van der Waals surface area contributed by atoms with Gasteiger partial charge in [-0.2, -0.15) is 11.8 Å². The predicted molar refractivity (Wildman–Crippen MR) is 78.6 cm³/mol. The zero-order valence-corrected chi connectivity index (χ0v) is 12.0. The summed E-state index contributed by atoms with van der Waals surface area (Å²) in [7, 11) is 0. The third-order valence-electron chi connectivity index (χ3n) is 2.95. The van der Waals surface area contributed by atoms with Crippen molar-refractivity contribution in [2.75, 3.05) is 23.4 Å². The summed E-state index contributed by atoms with van der Waals surface area (Å²) in [6, 6.07) is 3.79. The minimum atomic E-state index is -0.123. The van der Waals surface area contributed by atoms with E-state index in [1.807, 2.05) is 11.8 Å². The second-order valence-corrected chi connectivity index (χ2v) is 5.77. The van der Waals surface area contributed by atoms with Crippen LogP contribution in [0.3, 0.4) is 0 Å². The second-order valence-electron chi connectivity index (χ2n) is 4.62. The fourth-order valence-corrected chi connectivity index (χ4v) is 2.99. The van der Waals surface area contributed by atoms with Crippen LogP contribution in [-0.2, 0) is 0 Å². The van der Waals surface area contributed by atoms with Crippen LogP contribution < -0.4 is 10.6 Å². The molecule has 1 amide bonds. The van der Waals surface area contributed by atoms with E-state index in [1.54, 1.807) is 12.1 Å². The molecule has 1 unspecified atom stereocenters. The van der Waals surface area contributed by atoms with Crippen molar-refractivity contribution in [2.24, 2.45) is 0 Å². The molecule has 2 rings (SSSR count). The summed E-state index contributed by atoms with van der Waals surface area (Å²) in [4.78, 5) is 12.0. The maximum Gasteiger partial charge on any atom is 0.272 e. The molecular formula is C13H20N4OS. The van der Waals surface area contributed by atoms with Gasteiger partial charge in [0.15, 0.2) is 5.69 Å². The van der Waals surface area contributed by atoms with E-state index in [0.717, 1.165) is 25.1 Å². The molecule has 2 heterocycles. The van der Waals surface area contributed by atoms with E-state index in [0.29, 0.717) is 11.5 Å². The third-order valence-corrected chi connectivity index (χ3v) is 4.16. The maximum atomic E-state index is 12.0. The Kier molecular flexibility index (Phi) is 5.44. The van der Waals surface area contributed by atoms with Crippen LogP contribution in [0, 0.1) is 0 Å². The molecule has 1 atom stereocenters. The summed E-state index contributed by atoms with van der Waals surface area (Å²) in [5, 5.41) is 14.1. The third kappa shape index (κ3) is 4.38. The van der Waals surface area contributed by atoms with Gasteiger partial charge < -0.3 is 10.6 Å². The largest absolute Gasteiger partial charge is 0.369 e. The molecule has 1 aromatic heterocycles. The van der Waals surface area contributed by atoms with Crippen molar-refractivity contribution in [1.82, 2.24) is 15.5 Å². The molecule has 104 valence electrons. The van der Waals surface area contributed by atoms with Crippen molar-refractivity contribution in [3.8, 4) is 0 Å². The Morgan fingerprint density at radius 1 is 1.47 bits per heavy atom. The van der Waals surface area contributed by atoms with Crippen LogP contribution in [0.1, 0.15) is 36.7 Å². The minimum Gasteiger partial charge on any atom is -0.369 e. The minimum absolute atomic E-state index is 0.123. The van der Waals surface area contributed by atoms with E-state index in [2.05, 4.69) is 27.8 Å². The molecule has 0 bridgehead atoms. The number of hydrogen-bond donors (Lipinski definition) is 2. The number of anilines is 1. The molecular weight excluding hydrogens is 260 g/mol. The SMILES string of the molecule is CCCNc1ccc(C(=O)NC2CCCSC2)nn1. The lowest BCUT2D eigenvalue weighted by molar-refractivity contribution is 0.0932. The lowest BCUT2D eigenvalue weighted by atomic mass is 10.2. The molecule has 6 heteroatoms. The molecule has 0 aliphatic carbocycles. The highest BCUT2D eigenvalue weighted by Gasteiger charge is 2.17. The number of carbonyl (C=O) groups is 1. The smallest absolute Gasteiger partial charge is 0.272 e. The molecule has 0 radical (unpaired) electrons. The Balaban J connectivity index is 1.87. The van der Waals surface area contributed by atoms with Crippen LogP contribution in [0.4, 0.5) is 5.82 Å². The van der Waals surface area contributed by atoms with Crippen molar-refractivity contribution in [1.29, 1.82) is 0 Å². The molecule has 1 aliphatic heterocycles. The Labute approximate surface area is 118 Å². The van der Waals surface area contributed by atoms with Crippen LogP contribution in [0.5, 0.6) is 0 Å². The molecule has 5 nitrogen and oxygen atoms in total. The van der Waals surface area contributed by atoms with Crippen LogP contribution in [-0.4, -0.2) is 40.2 Å². The first-order chi connectivity index (χ1) is 9.29. The fourth-order valence-electron chi connectivity index (χ4n) is 1.91. The summed E-state index contributed by atoms with van der Waals surface area (Å²) < 4.78 is 0. The first kappa shape index (κ1) is 14.1. The molecule has 2 N–H and O–H groups in total. The van der Waals surface area contributed by atoms with Gasteiger partial charge >= 0.3 is 0 Å². The highest BCUT2D eigenvalue weighted by atomic mass is 32.2. The molecule has 1 aromatic rings. The van der Waals surface area contributed by atoms with Gasteiger partial charge in [-0.1, -0.05) is 6.92 Å². The Morgan fingerprint density at radius 3 is 3.00 bits per heavy atom. The van der Waals surface area contributed by atoms with Crippen molar-refractivity contribution >= 4 is 23.5 Å². The monoisotopic (exact) mass is 280 g/mol. The molecule has 1 aliphatic rings. The number of nitrogens with zero attached hydrogens (tertiary/aromatic N) is 2. The van der Waals surface area contributed by atoms with E-state index < -0.39 is 0 Å². The van der Waals surface area contributed by atoms with E-state index >= 15 is 0 Å². The number of rotatable bonds is 5. The molecule has 1 saturated heterocycles. The Hall–Kier alpha value is -1.30. The van der Waals surface area contributed by atoms with E-state index in [-0.39, 0.29) is 11.9 Å². The first-order valence-corrected chi connectivity index (χ1v) is 7.91. The average Bonchev–Trinajstić information content (AvgIpc) is 2.46. The highest BCUT2D eigenvalue weighted by Crippen LogP contribution is 2.17.